The summed E-state index contributed by atoms with van der Waals surface area (Å²) < 4.78 is 12.7. The first kappa shape index (κ1) is 11.8. The van der Waals surface area contributed by atoms with Crippen LogP contribution in [0.3, 0.4) is 0 Å². The number of rotatable bonds is 3. The first-order chi connectivity index (χ1) is 8.17. The standard InChI is InChI=1S/C11H11FN4S/c1-7-14-10(16-13)6-11(15-7)17-9-4-2-8(12)3-5-9/h2-6H,13H2,1H3,(H,14,15,16). The van der Waals surface area contributed by atoms with Gasteiger partial charge in [0.2, 0.25) is 0 Å². The Bertz CT molecular complexity index is 515. The maximum absolute atomic E-state index is 12.7. The van der Waals surface area contributed by atoms with E-state index in [1.165, 1.54) is 23.9 Å². The van der Waals surface area contributed by atoms with E-state index in [0.717, 1.165) is 9.92 Å². The molecule has 0 atom stereocenters. The van der Waals surface area contributed by atoms with Gasteiger partial charge in [-0.3, -0.25) is 0 Å². The van der Waals surface area contributed by atoms with Crippen molar-refractivity contribution < 1.29 is 4.39 Å². The van der Waals surface area contributed by atoms with E-state index in [9.17, 15) is 4.39 Å². The van der Waals surface area contributed by atoms with E-state index >= 15 is 0 Å². The SMILES string of the molecule is Cc1nc(NN)cc(Sc2ccc(F)cc2)n1. The normalized spacial score (nSPS) is 10.3. The first-order valence-corrected chi connectivity index (χ1v) is 5.75. The maximum Gasteiger partial charge on any atom is 0.144 e. The number of hydrogen-bond acceptors (Lipinski definition) is 5. The largest absolute Gasteiger partial charge is 0.308 e. The van der Waals surface area contributed by atoms with E-state index in [1.54, 1.807) is 25.1 Å². The lowest BCUT2D eigenvalue weighted by Crippen LogP contribution is -2.09. The molecule has 0 aliphatic rings. The summed E-state index contributed by atoms with van der Waals surface area (Å²) in [6.07, 6.45) is 0. The molecule has 0 saturated heterocycles. The maximum atomic E-state index is 12.7. The summed E-state index contributed by atoms with van der Waals surface area (Å²) in [7, 11) is 0. The van der Waals surface area contributed by atoms with Gasteiger partial charge in [0.15, 0.2) is 0 Å². The summed E-state index contributed by atoms with van der Waals surface area (Å²) in [5, 5.41) is 0.761. The molecule has 0 aliphatic carbocycles. The number of hydrogen-bond donors (Lipinski definition) is 2. The van der Waals surface area contributed by atoms with Gasteiger partial charge in [0.25, 0.3) is 0 Å². The van der Waals surface area contributed by atoms with Gasteiger partial charge in [0, 0.05) is 11.0 Å². The van der Waals surface area contributed by atoms with Crippen molar-refractivity contribution in [2.24, 2.45) is 5.84 Å². The van der Waals surface area contributed by atoms with E-state index in [0.29, 0.717) is 11.6 Å². The Hall–Kier alpha value is -1.66. The van der Waals surface area contributed by atoms with Gasteiger partial charge in [0.1, 0.15) is 22.5 Å². The van der Waals surface area contributed by atoms with Crippen LogP contribution in [0.15, 0.2) is 40.3 Å². The van der Waals surface area contributed by atoms with Crippen LogP contribution in [-0.2, 0) is 0 Å². The second kappa shape index (κ2) is 5.11. The number of aryl methyl sites for hydroxylation is 1. The molecule has 0 saturated carbocycles. The number of hydrazine groups is 1. The molecule has 0 bridgehead atoms. The molecule has 3 N–H and O–H groups in total. The van der Waals surface area contributed by atoms with Gasteiger partial charge in [-0.2, -0.15) is 0 Å². The Labute approximate surface area is 102 Å². The molecule has 2 rings (SSSR count). The van der Waals surface area contributed by atoms with Gasteiger partial charge in [-0.1, -0.05) is 11.8 Å². The number of anilines is 1. The molecule has 0 amide bonds. The van der Waals surface area contributed by atoms with Crippen molar-refractivity contribution in [2.75, 3.05) is 5.43 Å². The highest BCUT2D eigenvalue weighted by molar-refractivity contribution is 7.99. The number of benzene rings is 1. The van der Waals surface area contributed by atoms with Gasteiger partial charge in [-0.25, -0.2) is 20.2 Å². The fourth-order valence-corrected chi connectivity index (χ4v) is 2.15. The molecule has 1 aromatic carbocycles. The molecule has 17 heavy (non-hydrogen) atoms. The van der Waals surface area contributed by atoms with Gasteiger partial charge in [0.05, 0.1) is 0 Å². The van der Waals surface area contributed by atoms with Gasteiger partial charge < -0.3 is 5.43 Å². The van der Waals surface area contributed by atoms with Gasteiger partial charge in [-0.05, 0) is 31.2 Å². The predicted molar refractivity (Wildman–Crippen MR) is 65.1 cm³/mol. The zero-order valence-electron chi connectivity index (χ0n) is 9.14. The van der Waals surface area contributed by atoms with Crippen molar-refractivity contribution >= 4 is 17.6 Å². The van der Waals surface area contributed by atoms with Gasteiger partial charge in [-0.15, -0.1) is 0 Å². The second-order valence-electron chi connectivity index (χ2n) is 3.34. The first-order valence-electron chi connectivity index (χ1n) is 4.93. The predicted octanol–water partition coefficient (Wildman–Crippen LogP) is 2.36. The monoisotopic (exact) mass is 250 g/mol. The van der Waals surface area contributed by atoms with Crippen molar-refractivity contribution in [1.82, 2.24) is 9.97 Å². The van der Waals surface area contributed by atoms with E-state index in [1.807, 2.05) is 0 Å². The van der Waals surface area contributed by atoms with Crippen molar-refractivity contribution in [3.63, 3.8) is 0 Å². The van der Waals surface area contributed by atoms with Crippen LogP contribution in [0.4, 0.5) is 10.2 Å². The number of aromatic nitrogens is 2. The third kappa shape index (κ3) is 3.15. The molecule has 4 nitrogen and oxygen atoms in total. The molecule has 88 valence electrons. The molecule has 1 heterocycles. The van der Waals surface area contributed by atoms with Crippen LogP contribution in [-0.4, -0.2) is 9.97 Å². The Balaban J connectivity index is 2.23. The van der Waals surface area contributed by atoms with Crippen molar-refractivity contribution in [3.8, 4) is 0 Å². The number of nitrogens with zero attached hydrogens (tertiary/aromatic N) is 2. The third-order valence-corrected chi connectivity index (χ3v) is 2.92. The fraction of sp³-hybridized carbons (Fsp3) is 0.0909. The van der Waals surface area contributed by atoms with Crippen LogP contribution in [0, 0.1) is 12.7 Å². The Morgan fingerprint density at radius 2 is 1.94 bits per heavy atom. The molecule has 0 radical (unpaired) electrons. The summed E-state index contributed by atoms with van der Waals surface area (Å²) in [6, 6.07) is 7.97. The minimum atomic E-state index is -0.252. The fourth-order valence-electron chi connectivity index (χ4n) is 1.29. The van der Waals surface area contributed by atoms with Crippen LogP contribution >= 0.6 is 11.8 Å². The average Bonchev–Trinajstić information content (AvgIpc) is 2.31. The molecule has 0 fully saturated rings. The summed E-state index contributed by atoms with van der Waals surface area (Å²) in [5.41, 5.74) is 2.48. The number of nitrogens with one attached hydrogen (secondary N) is 1. The third-order valence-electron chi connectivity index (χ3n) is 2.00. The van der Waals surface area contributed by atoms with E-state index < -0.39 is 0 Å². The Morgan fingerprint density at radius 1 is 1.24 bits per heavy atom. The van der Waals surface area contributed by atoms with Crippen LogP contribution in [0.5, 0.6) is 0 Å². The van der Waals surface area contributed by atoms with Crippen molar-refractivity contribution in [2.45, 2.75) is 16.8 Å². The molecular formula is C11H11FN4S. The molecule has 0 spiro atoms. The minimum Gasteiger partial charge on any atom is -0.308 e. The molecule has 0 unspecified atom stereocenters. The highest BCUT2D eigenvalue weighted by atomic mass is 32.2. The second-order valence-corrected chi connectivity index (χ2v) is 4.43. The van der Waals surface area contributed by atoms with Crippen LogP contribution in [0.25, 0.3) is 0 Å². The lowest BCUT2D eigenvalue weighted by atomic mass is 10.4. The van der Waals surface area contributed by atoms with E-state index in [-0.39, 0.29) is 5.82 Å². The molecular weight excluding hydrogens is 239 g/mol. The summed E-state index contributed by atoms with van der Waals surface area (Å²) in [5.74, 6) is 6.24. The minimum absolute atomic E-state index is 0.252. The zero-order valence-corrected chi connectivity index (χ0v) is 9.96. The Morgan fingerprint density at radius 3 is 2.59 bits per heavy atom. The van der Waals surface area contributed by atoms with Crippen LogP contribution < -0.4 is 11.3 Å². The zero-order chi connectivity index (χ0) is 12.3. The summed E-state index contributed by atoms with van der Waals surface area (Å²) in [4.78, 5) is 9.26. The quantitative estimate of drug-likeness (QED) is 0.497. The van der Waals surface area contributed by atoms with Crippen LogP contribution in [0.2, 0.25) is 0 Å². The highest BCUT2D eigenvalue weighted by Crippen LogP contribution is 2.27. The molecule has 1 aromatic heterocycles. The lowest BCUT2D eigenvalue weighted by molar-refractivity contribution is 0.626. The Kier molecular flexibility index (Phi) is 3.55. The number of halogens is 1. The summed E-state index contributed by atoms with van der Waals surface area (Å²) in [6.45, 7) is 1.79. The van der Waals surface area contributed by atoms with Crippen LogP contribution in [0.1, 0.15) is 5.82 Å². The van der Waals surface area contributed by atoms with E-state index in [4.69, 9.17) is 5.84 Å². The molecule has 6 heteroatoms. The van der Waals surface area contributed by atoms with Gasteiger partial charge >= 0.3 is 0 Å². The smallest absolute Gasteiger partial charge is 0.144 e. The number of nitrogens with two attached hydrogens (primary N) is 1. The van der Waals surface area contributed by atoms with Crippen molar-refractivity contribution in [3.05, 3.63) is 42.0 Å². The topological polar surface area (TPSA) is 63.8 Å². The number of nitrogen functional groups attached to an aromatic ring is 1. The molecule has 2 aromatic rings. The van der Waals surface area contributed by atoms with E-state index in [2.05, 4.69) is 15.4 Å². The average molecular weight is 250 g/mol. The summed E-state index contributed by atoms with van der Waals surface area (Å²) >= 11 is 1.43. The molecule has 0 aliphatic heterocycles. The lowest BCUT2D eigenvalue weighted by Gasteiger charge is -2.05. The van der Waals surface area contributed by atoms with Crippen molar-refractivity contribution in [1.29, 1.82) is 0 Å². The highest BCUT2D eigenvalue weighted by Gasteiger charge is 2.03.